The summed E-state index contributed by atoms with van der Waals surface area (Å²) in [5.41, 5.74) is 8.98. The summed E-state index contributed by atoms with van der Waals surface area (Å²) in [6, 6.07) is 0. The molecule has 192 valence electrons. The van der Waals surface area contributed by atoms with Crippen LogP contribution in [0.5, 0.6) is 0 Å². The summed E-state index contributed by atoms with van der Waals surface area (Å²) in [6.07, 6.45) is 0.638. The van der Waals surface area contributed by atoms with Gasteiger partial charge >= 0.3 is 13.1 Å². The highest BCUT2D eigenvalue weighted by Gasteiger charge is 2.53. The highest BCUT2D eigenvalue weighted by atomic mass is 32.2. The summed E-state index contributed by atoms with van der Waals surface area (Å²) in [5.74, 6) is -3.60. The van der Waals surface area contributed by atoms with E-state index < -0.39 is 52.2 Å². The number of nitrogens with one attached hydrogen (secondary N) is 1. The lowest BCUT2D eigenvalue weighted by atomic mass is 9.78. The fourth-order valence-corrected chi connectivity index (χ4v) is 4.76. The summed E-state index contributed by atoms with van der Waals surface area (Å²) < 4.78 is 33.7. The molecule has 33 heavy (non-hydrogen) atoms. The number of nitrogens with two attached hydrogens (primary N) is 2. The molecule has 0 bridgehead atoms. The van der Waals surface area contributed by atoms with Crippen LogP contribution in [0.2, 0.25) is 6.32 Å². The van der Waals surface area contributed by atoms with Gasteiger partial charge in [0.2, 0.25) is 0 Å². The average Bonchev–Trinajstić information content (AvgIpc) is 2.96. The third kappa shape index (κ3) is 10.3. The van der Waals surface area contributed by atoms with E-state index in [1.54, 1.807) is 0 Å². The number of aliphatic carboxylic acids is 3. The quantitative estimate of drug-likeness (QED) is 0.144. The fourth-order valence-electron chi connectivity index (χ4n) is 3.12. The minimum absolute atomic E-state index is 0.0601. The second-order valence-electron chi connectivity index (χ2n) is 7.87. The summed E-state index contributed by atoms with van der Waals surface area (Å²) in [6.45, 7) is 2.10. The second-order valence-corrected chi connectivity index (χ2v) is 9.54. The Kier molecular flexibility index (Phi) is 12.4. The van der Waals surface area contributed by atoms with E-state index >= 15 is 0 Å². The Labute approximate surface area is 192 Å². The van der Waals surface area contributed by atoms with Gasteiger partial charge in [-0.25, -0.2) is 0 Å². The number of rotatable bonds is 9. The number of hydrogen-bond donors (Lipinski definition) is 8. The molecule has 2 rings (SSSR count). The molecule has 10 N–H and O–H groups in total. The Morgan fingerprint density at radius 2 is 1.64 bits per heavy atom. The summed E-state index contributed by atoms with van der Waals surface area (Å²) in [4.78, 5) is 29.6. The van der Waals surface area contributed by atoms with Gasteiger partial charge in [-0.2, -0.15) is 17.4 Å². The van der Waals surface area contributed by atoms with Crippen molar-refractivity contribution in [3.8, 4) is 0 Å². The number of nitrogens with zero attached hydrogens (tertiary/aromatic N) is 1. The number of carbonyl (C=O) groups is 3. The zero-order valence-electron chi connectivity index (χ0n) is 18.5. The van der Waals surface area contributed by atoms with Crippen molar-refractivity contribution in [2.24, 2.45) is 17.4 Å². The smallest absolute Gasteiger partial charge is 0.451 e. The van der Waals surface area contributed by atoms with Gasteiger partial charge in [0.1, 0.15) is 5.54 Å². The van der Waals surface area contributed by atoms with E-state index in [9.17, 15) is 18.3 Å². The topological polar surface area (TPSA) is 263 Å². The van der Waals surface area contributed by atoms with E-state index in [1.807, 2.05) is 0 Å². The molecule has 0 aromatic heterocycles. The van der Waals surface area contributed by atoms with Gasteiger partial charge in [0.25, 0.3) is 22.1 Å². The number of ether oxygens (including phenoxy) is 1. The van der Waals surface area contributed by atoms with Crippen LogP contribution < -0.4 is 16.2 Å². The number of carboxylic acids is 3. The normalized spacial score (nSPS) is 23.8. The average molecular weight is 500 g/mol. The van der Waals surface area contributed by atoms with E-state index in [0.717, 1.165) is 18.2 Å². The Hall–Kier alpha value is -1.86. The third-order valence-electron chi connectivity index (χ3n) is 4.84. The maximum absolute atomic E-state index is 12.6. The Bertz CT molecular complexity index is 753. The first-order valence-electron chi connectivity index (χ1n) is 9.85. The van der Waals surface area contributed by atoms with Gasteiger partial charge in [0.05, 0.1) is 18.8 Å². The molecule has 0 aromatic carbocycles. The zero-order valence-corrected chi connectivity index (χ0v) is 19.3. The van der Waals surface area contributed by atoms with E-state index in [1.165, 1.54) is 0 Å². The molecule has 0 aliphatic carbocycles. The first-order chi connectivity index (χ1) is 15.0. The monoisotopic (exact) mass is 500 g/mol. The van der Waals surface area contributed by atoms with Crippen LogP contribution in [-0.2, 0) is 29.3 Å². The van der Waals surface area contributed by atoms with Crippen LogP contribution in [0.1, 0.15) is 26.7 Å². The highest BCUT2D eigenvalue weighted by molar-refractivity contribution is 7.87. The van der Waals surface area contributed by atoms with Crippen molar-refractivity contribution in [2.45, 2.75) is 44.1 Å². The minimum Gasteiger partial charge on any atom is -0.481 e. The van der Waals surface area contributed by atoms with Crippen molar-refractivity contribution >= 4 is 35.2 Å². The summed E-state index contributed by atoms with van der Waals surface area (Å²) >= 11 is 0. The van der Waals surface area contributed by atoms with Crippen LogP contribution in [0.3, 0.4) is 0 Å². The lowest BCUT2D eigenvalue weighted by Crippen LogP contribution is -2.68. The lowest BCUT2D eigenvalue weighted by Gasteiger charge is -2.41. The predicted octanol–water partition coefficient (Wildman–Crippen LogP) is -3.30. The molecule has 2 aliphatic rings. The van der Waals surface area contributed by atoms with Crippen molar-refractivity contribution in [3.05, 3.63) is 0 Å². The van der Waals surface area contributed by atoms with E-state index in [2.05, 4.69) is 4.72 Å². The standard InChI is InChI=1S/C12H25BN4O7S.2C2H4O2/c14-5-11(7-24-8-11)16-25(22,23)17-4-9(2-1-3-13(20)21)12(15,6-17)10(18)19;2*1-2(3)4/h9,16,20-21H,1-8,14-15H2,(H,18,19);2*1H3,(H,3,4)/t9-,12-;;/m0../s1. The highest BCUT2D eigenvalue weighted by Crippen LogP contribution is 2.32. The van der Waals surface area contributed by atoms with Crippen LogP contribution in [0.15, 0.2) is 0 Å². The molecule has 0 saturated carbocycles. The van der Waals surface area contributed by atoms with Crippen LogP contribution in [-0.4, -0.2) is 107 Å². The van der Waals surface area contributed by atoms with Crippen LogP contribution >= 0.6 is 0 Å². The van der Waals surface area contributed by atoms with Gasteiger partial charge in [-0.05, 0) is 12.7 Å². The van der Waals surface area contributed by atoms with Gasteiger partial charge in [-0.15, -0.1) is 0 Å². The van der Waals surface area contributed by atoms with E-state index in [4.69, 9.17) is 46.1 Å². The minimum atomic E-state index is -3.99. The molecule has 2 aliphatic heterocycles. The summed E-state index contributed by atoms with van der Waals surface area (Å²) in [7, 11) is -5.49. The molecular weight excluding hydrogens is 467 g/mol. The molecule has 15 nitrogen and oxygen atoms in total. The molecule has 0 unspecified atom stereocenters. The molecule has 0 radical (unpaired) electrons. The first kappa shape index (κ1) is 31.1. The van der Waals surface area contributed by atoms with E-state index in [-0.39, 0.29) is 45.6 Å². The maximum atomic E-state index is 12.6. The van der Waals surface area contributed by atoms with Crippen molar-refractivity contribution in [1.29, 1.82) is 0 Å². The molecule has 2 atom stereocenters. The molecule has 0 spiro atoms. The van der Waals surface area contributed by atoms with Crippen LogP contribution in [0.4, 0.5) is 0 Å². The van der Waals surface area contributed by atoms with Crippen molar-refractivity contribution in [2.75, 3.05) is 32.8 Å². The molecular formula is C16H33BN4O11S. The molecule has 0 aromatic rings. The second kappa shape index (κ2) is 13.1. The SMILES string of the molecule is CC(=O)O.CC(=O)O.NCC1(NS(=O)(=O)N2C[C@H](CCCB(O)O)[C@](N)(C(=O)O)C2)COC1. The Balaban J connectivity index is 0.00000111. The van der Waals surface area contributed by atoms with Crippen molar-refractivity contribution < 1.29 is 52.9 Å². The third-order valence-corrected chi connectivity index (χ3v) is 6.49. The van der Waals surface area contributed by atoms with Gasteiger partial charge in [-0.1, -0.05) is 6.42 Å². The molecule has 0 amide bonds. The summed E-state index contributed by atoms with van der Waals surface area (Å²) in [5, 5.41) is 42.1. The fraction of sp³-hybridized carbons (Fsp3) is 0.812. The van der Waals surface area contributed by atoms with Gasteiger partial charge in [0.15, 0.2) is 0 Å². The Morgan fingerprint density at radius 1 is 1.15 bits per heavy atom. The van der Waals surface area contributed by atoms with Crippen molar-refractivity contribution in [1.82, 2.24) is 9.03 Å². The maximum Gasteiger partial charge on any atom is 0.451 e. The number of carboxylic acid groups (broad SMARTS) is 3. The molecule has 2 heterocycles. The lowest BCUT2D eigenvalue weighted by molar-refractivity contribution is -0.144. The molecule has 2 saturated heterocycles. The van der Waals surface area contributed by atoms with E-state index in [0.29, 0.717) is 6.42 Å². The Morgan fingerprint density at radius 3 is 1.97 bits per heavy atom. The van der Waals surface area contributed by atoms with Gasteiger partial charge < -0.3 is 41.6 Å². The first-order valence-corrected chi connectivity index (χ1v) is 11.3. The van der Waals surface area contributed by atoms with Gasteiger partial charge in [0, 0.05) is 39.4 Å². The van der Waals surface area contributed by atoms with Crippen LogP contribution in [0, 0.1) is 5.92 Å². The molecule has 2 fully saturated rings. The zero-order chi connectivity index (χ0) is 26.0. The van der Waals surface area contributed by atoms with Crippen LogP contribution in [0.25, 0.3) is 0 Å². The van der Waals surface area contributed by atoms with Gasteiger partial charge in [-0.3, -0.25) is 14.4 Å². The number of hydrogen-bond acceptors (Lipinski definition) is 10. The van der Waals surface area contributed by atoms with Crippen molar-refractivity contribution in [3.63, 3.8) is 0 Å². The predicted molar refractivity (Wildman–Crippen MR) is 115 cm³/mol. The molecule has 17 heteroatoms. The largest absolute Gasteiger partial charge is 0.481 e.